The van der Waals surface area contributed by atoms with Crippen LogP contribution in [0, 0.1) is 0 Å². The van der Waals surface area contributed by atoms with Crippen LogP contribution in [0.15, 0.2) is 40.6 Å². The largest absolute Gasteiger partial charge is 0.452 e. The summed E-state index contributed by atoms with van der Waals surface area (Å²) in [5.41, 5.74) is 0.177. The molecule has 0 saturated heterocycles. The van der Waals surface area contributed by atoms with Gasteiger partial charge in [-0.15, -0.1) is 23.1 Å². The molecular weight excluding hydrogens is 358 g/mol. The van der Waals surface area contributed by atoms with Crippen molar-refractivity contribution in [3.8, 4) is 0 Å². The van der Waals surface area contributed by atoms with Crippen molar-refractivity contribution in [3.63, 3.8) is 0 Å². The Morgan fingerprint density at radius 1 is 1.30 bits per heavy atom. The van der Waals surface area contributed by atoms with Crippen LogP contribution in [0.4, 0.5) is 0 Å². The van der Waals surface area contributed by atoms with Gasteiger partial charge in [0.15, 0.2) is 6.61 Å². The van der Waals surface area contributed by atoms with E-state index in [1.165, 1.54) is 23.1 Å². The highest BCUT2D eigenvalue weighted by molar-refractivity contribution is 7.98. The first-order valence-corrected chi connectivity index (χ1v) is 8.88. The molecule has 8 heteroatoms. The molecule has 0 radical (unpaired) electrons. The Balaban J connectivity index is 1.91. The number of thioether (sulfide) groups is 1. The lowest BCUT2D eigenvalue weighted by atomic mass is 10.2. The van der Waals surface area contributed by atoms with Crippen LogP contribution >= 0.6 is 34.7 Å². The number of halogens is 1. The van der Waals surface area contributed by atoms with E-state index in [0.29, 0.717) is 4.88 Å². The lowest BCUT2D eigenvalue weighted by Crippen LogP contribution is -2.33. The molecule has 0 bridgehead atoms. The third-order valence-electron chi connectivity index (χ3n) is 2.73. The third-order valence-corrected chi connectivity index (χ3v) is 4.65. The van der Waals surface area contributed by atoms with Crippen LogP contribution in [-0.4, -0.2) is 30.6 Å². The van der Waals surface area contributed by atoms with Crippen molar-refractivity contribution in [2.75, 3.05) is 12.9 Å². The van der Waals surface area contributed by atoms with Gasteiger partial charge in [-0.25, -0.2) is 4.79 Å². The van der Waals surface area contributed by atoms with E-state index in [0.717, 1.165) is 4.90 Å². The molecule has 2 amide bonds. The Morgan fingerprint density at radius 3 is 2.74 bits per heavy atom. The first-order valence-electron chi connectivity index (χ1n) is 6.39. The summed E-state index contributed by atoms with van der Waals surface area (Å²) >= 11 is 8.61. The van der Waals surface area contributed by atoms with Crippen molar-refractivity contribution in [2.45, 2.75) is 4.90 Å². The van der Waals surface area contributed by atoms with Crippen molar-refractivity contribution >= 4 is 52.5 Å². The fourth-order valence-electron chi connectivity index (χ4n) is 1.63. The first-order chi connectivity index (χ1) is 11.0. The molecule has 5 nitrogen and oxygen atoms in total. The predicted molar refractivity (Wildman–Crippen MR) is 90.3 cm³/mol. The Labute approximate surface area is 146 Å². The smallest absolute Gasteiger partial charge is 0.340 e. The quantitative estimate of drug-likeness (QED) is 0.647. The van der Waals surface area contributed by atoms with Crippen LogP contribution < -0.4 is 5.32 Å². The highest BCUT2D eigenvalue weighted by atomic mass is 35.5. The van der Waals surface area contributed by atoms with Gasteiger partial charge < -0.3 is 4.74 Å². The highest BCUT2D eigenvalue weighted by Gasteiger charge is 2.16. The summed E-state index contributed by atoms with van der Waals surface area (Å²) in [6.07, 6.45) is 1.86. The van der Waals surface area contributed by atoms with Gasteiger partial charge in [-0.3, -0.25) is 14.9 Å². The molecule has 0 unspecified atom stereocenters. The van der Waals surface area contributed by atoms with E-state index >= 15 is 0 Å². The highest BCUT2D eigenvalue weighted by Crippen LogP contribution is 2.23. The Morgan fingerprint density at radius 2 is 2.09 bits per heavy atom. The van der Waals surface area contributed by atoms with E-state index in [9.17, 15) is 14.4 Å². The lowest BCUT2D eigenvalue weighted by Gasteiger charge is -2.07. The standard InChI is InChI=1S/C15H12ClNO4S2/c1-22-9-4-5-11(16)10(7-9)15(20)21-8-13(18)17-14(19)12-3-2-6-23-12/h2-7H,8H2,1H3,(H,17,18,19). The fraction of sp³-hybridized carbons (Fsp3) is 0.133. The number of imide groups is 1. The zero-order valence-electron chi connectivity index (χ0n) is 12.0. The first kappa shape index (κ1) is 17.5. The molecule has 1 aromatic heterocycles. The number of hydrogen-bond donors (Lipinski definition) is 1. The Bertz CT molecular complexity index is 731. The van der Waals surface area contributed by atoms with E-state index in [2.05, 4.69) is 5.32 Å². The van der Waals surface area contributed by atoms with Crippen molar-refractivity contribution in [3.05, 3.63) is 51.2 Å². The number of amides is 2. The minimum atomic E-state index is -0.718. The topological polar surface area (TPSA) is 72.5 Å². The molecule has 1 heterocycles. The van der Waals surface area contributed by atoms with Gasteiger partial charge >= 0.3 is 5.97 Å². The Hall–Kier alpha value is -1.83. The summed E-state index contributed by atoms with van der Waals surface area (Å²) in [6.45, 7) is -0.560. The van der Waals surface area contributed by atoms with Crippen LogP contribution in [0.2, 0.25) is 5.02 Å². The predicted octanol–water partition coefficient (Wildman–Crippen LogP) is 3.24. The Kier molecular flexibility index (Phi) is 6.20. The van der Waals surface area contributed by atoms with Gasteiger partial charge in [-0.05, 0) is 35.9 Å². The number of benzene rings is 1. The molecule has 0 aliphatic carbocycles. The van der Waals surface area contributed by atoms with Gasteiger partial charge in [-0.2, -0.15) is 0 Å². The van der Waals surface area contributed by atoms with E-state index in [1.807, 2.05) is 6.26 Å². The minimum Gasteiger partial charge on any atom is -0.452 e. The van der Waals surface area contributed by atoms with Crippen molar-refractivity contribution < 1.29 is 19.1 Å². The molecule has 0 atom stereocenters. The molecule has 1 N–H and O–H groups in total. The van der Waals surface area contributed by atoms with Crippen LogP contribution in [-0.2, 0) is 9.53 Å². The molecule has 0 aliphatic rings. The van der Waals surface area contributed by atoms with Crippen molar-refractivity contribution in [1.82, 2.24) is 5.32 Å². The SMILES string of the molecule is CSc1ccc(Cl)c(C(=O)OCC(=O)NC(=O)c2cccs2)c1. The average molecular weight is 370 g/mol. The van der Waals surface area contributed by atoms with Crippen LogP contribution in [0.1, 0.15) is 20.0 Å². The summed E-state index contributed by atoms with van der Waals surface area (Å²) in [5, 5.41) is 4.11. The molecule has 2 rings (SSSR count). The van der Waals surface area contributed by atoms with Crippen molar-refractivity contribution in [2.24, 2.45) is 0 Å². The molecule has 2 aromatic rings. The van der Waals surface area contributed by atoms with Gasteiger partial charge in [-0.1, -0.05) is 17.7 Å². The molecule has 1 aromatic carbocycles. The maximum absolute atomic E-state index is 12.0. The van der Waals surface area contributed by atoms with Gasteiger partial charge in [0.05, 0.1) is 15.5 Å². The number of hydrogen-bond acceptors (Lipinski definition) is 6. The fourth-order valence-corrected chi connectivity index (χ4v) is 2.88. The number of rotatable bonds is 5. The van der Waals surface area contributed by atoms with Gasteiger partial charge in [0, 0.05) is 4.90 Å². The monoisotopic (exact) mass is 369 g/mol. The number of carbonyl (C=O) groups is 3. The second-order valence-electron chi connectivity index (χ2n) is 4.28. The molecule has 0 aliphatic heterocycles. The van der Waals surface area contributed by atoms with Crippen LogP contribution in [0.3, 0.4) is 0 Å². The summed E-state index contributed by atoms with van der Waals surface area (Å²) < 4.78 is 4.89. The number of thiophene rings is 1. The summed E-state index contributed by atoms with van der Waals surface area (Å²) in [7, 11) is 0. The zero-order chi connectivity index (χ0) is 16.8. The van der Waals surface area contributed by atoms with Crippen LogP contribution in [0.25, 0.3) is 0 Å². The van der Waals surface area contributed by atoms with E-state index < -0.39 is 24.4 Å². The average Bonchev–Trinajstić information content (AvgIpc) is 3.07. The summed E-state index contributed by atoms with van der Waals surface area (Å²) in [6, 6.07) is 8.24. The molecule has 23 heavy (non-hydrogen) atoms. The van der Waals surface area contributed by atoms with E-state index in [1.54, 1.807) is 35.7 Å². The number of carbonyl (C=O) groups excluding carboxylic acids is 3. The van der Waals surface area contributed by atoms with E-state index in [-0.39, 0.29) is 10.6 Å². The van der Waals surface area contributed by atoms with Crippen molar-refractivity contribution in [1.29, 1.82) is 0 Å². The lowest BCUT2D eigenvalue weighted by molar-refractivity contribution is -0.123. The van der Waals surface area contributed by atoms with Crippen LogP contribution in [0.5, 0.6) is 0 Å². The molecule has 120 valence electrons. The molecule has 0 spiro atoms. The molecular formula is C15H12ClNO4S2. The van der Waals surface area contributed by atoms with Gasteiger partial charge in [0.25, 0.3) is 11.8 Å². The van der Waals surface area contributed by atoms with E-state index in [4.69, 9.17) is 16.3 Å². The summed E-state index contributed by atoms with van der Waals surface area (Å²) in [4.78, 5) is 36.6. The number of nitrogens with one attached hydrogen (secondary N) is 1. The number of ether oxygens (including phenoxy) is 1. The minimum absolute atomic E-state index is 0.177. The third kappa shape index (κ3) is 4.82. The maximum atomic E-state index is 12.0. The zero-order valence-corrected chi connectivity index (χ0v) is 14.4. The second-order valence-corrected chi connectivity index (χ2v) is 6.51. The van der Waals surface area contributed by atoms with Gasteiger partial charge in [0.1, 0.15) is 0 Å². The normalized spacial score (nSPS) is 10.2. The molecule has 0 saturated carbocycles. The second kappa shape index (κ2) is 8.14. The number of esters is 1. The maximum Gasteiger partial charge on any atom is 0.340 e. The summed E-state index contributed by atoms with van der Waals surface area (Å²) in [5.74, 6) is -1.94. The molecule has 0 fully saturated rings. The van der Waals surface area contributed by atoms with Gasteiger partial charge in [0.2, 0.25) is 0 Å².